The second-order valence-electron chi connectivity index (χ2n) is 3.70. The number of Topliss-reactive ketones (excluding diaryl/α,β-unsaturated/α-hetero) is 1. The number of carbonyl (C=O) groups is 1. The van der Waals surface area contributed by atoms with Crippen LogP contribution in [0.5, 0.6) is 0 Å². The monoisotopic (exact) mass is 225 g/mol. The quantitative estimate of drug-likeness (QED) is 0.579. The minimum atomic E-state index is -0.778. The fourth-order valence-corrected chi connectivity index (χ4v) is 1.46. The van der Waals surface area contributed by atoms with E-state index in [2.05, 4.69) is 4.98 Å². The van der Waals surface area contributed by atoms with Crippen molar-refractivity contribution < 1.29 is 9.18 Å². The van der Waals surface area contributed by atoms with Gasteiger partial charge in [-0.2, -0.15) is 0 Å². The smallest absolute Gasteiger partial charge is 0.240 e. The molecule has 0 unspecified atom stereocenters. The number of hydrogen-bond acceptors (Lipinski definition) is 3. The molecular weight excluding hydrogens is 209 g/mol. The Balaban J connectivity index is 3.05. The van der Waals surface area contributed by atoms with Gasteiger partial charge in [0, 0.05) is 26.8 Å². The predicted molar refractivity (Wildman–Crippen MR) is 59.8 cm³/mol. The third-order valence-corrected chi connectivity index (χ3v) is 2.19. The minimum Gasteiger partial charge on any atom is -0.381 e. The van der Waals surface area contributed by atoms with Crippen molar-refractivity contribution >= 4 is 5.78 Å². The van der Waals surface area contributed by atoms with Gasteiger partial charge in [-0.25, -0.2) is 9.37 Å². The zero-order chi connectivity index (χ0) is 12.3. The normalized spacial score (nSPS) is 11.7. The number of rotatable bonds is 4. The average molecular weight is 225 g/mol. The number of allylic oxidation sites excluding steroid dienone is 1. The lowest BCUT2D eigenvalue weighted by Gasteiger charge is -2.07. The molecule has 0 saturated carbocycles. The van der Waals surface area contributed by atoms with Crippen LogP contribution in [0, 0.1) is 6.92 Å². The second-order valence-corrected chi connectivity index (χ2v) is 3.70. The van der Waals surface area contributed by atoms with E-state index in [1.165, 1.54) is 11.1 Å². The number of carbonyl (C=O) groups excluding carboxylic acids is 1. The van der Waals surface area contributed by atoms with Gasteiger partial charge in [0.05, 0.1) is 6.20 Å². The summed E-state index contributed by atoms with van der Waals surface area (Å²) in [6.07, 6.45) is 2.56. The standard InChI is InChI=1S/C11H16FN3O/c1-5-15-8(2)13-6-10(15)11(16)9(12)7-14(3)4/h6-7H,5H2,1-4H3/b9-7+. The van der Waals surface area contributed by atoms with Crippen LogP contribution >= 0.6 is 0 Å². The van der Waals surface area contributed by atoms with Crippen LogP contribution in [0.15, 0.2) is 18.2 Å². The van der Waals surface area contributed by atoms with Gasteiger partial charge in [-0.15, -0.1) is 0 Å². The molecule has 5 heteroatoms. The molecular formula is C11H16FN3O. The van der Waals surface area contributed by atoms with Crippen LogP contribution in [0.25, 0.3) is 0 Å². The lowest BCUT2D eigenvalue weighted by molar-refractivity contribution is 0.0993. The lowest BCUT2D eigenvalue weighted by Crippen LogP contribution is -2.12. The van der Waals surface area contributed by atoms with Crippen molar-refractivity contribution in [2.75, 3.05) is 14.1 Å². The molecule has 0 fully saturated rings. The molecule has 4 nitrogen and oxygen atoms in total. The van der Waals surface area contributed by atoms with Gasteiger partial charge in [-0.3, -0.25) is 4.79 Å². The molecule has 0 aliphatic carbocycles. The van der Waals surface area contributed by atoms with Crippen LogP contribution in [-0.2, 0) is 6.54 Å². The molecule has 1 aromatic rings. The molecule has 88 valence electrons. The second kappa shape index (κ2) is 4.92. The maximum atomic E-state index is 13.5. The van der Waals surface area contributed by atoms with Gasteiger partial charge in [-0.05, 0) is 13.8 Å². The Hall–Kier alpha value is -1.65. The largest absolute Gasteiger partial charge is 0.381 e. The molecule has 0 atom stereocenters. The maximum Gasteiger partial charge on any atom is 0.240 e. The van der Waals surface area contributed by atoms with E-state index in [1.54, 1.807) is 25.6 Å². The molecule has 1 aromatic heterocycles. The number of halogens is 1. The highest BCUT2D eigenvalue weighted by molar-refractivity contribution is 6.05. The minimum absolute atomic E-state index is 0.288. The van der Waals surface area contributed by atoms with Crippen molar-refractivity contribution in [2.45, 2.75) is 20.4 Å². The number of ketones is 1. The van der Waals surface area contributed by atoms with Crippen LogP contribution in [0.1, 0.15) is 23.2 Å². The average Bonchev–Trinajstić information content (AvgIpc) is 2.57. The van der Waals surface area contributed by atoms with Crippen molar-refractivity contribution in [3.8, 4) is 0 Å². The predicted octanol–water partition coefficient (Wildman–Crippen LogP) is 1.77. The summed E-state index contributed by atoms with van der Waals surface area (Å²) in [6.45, 7) is 4.27. The fraction of sp³-hybridized carbons (Fsp3) is 0.455. The first-order chi connectivity index (χ1) is 7.47. The topological polar surface area (TPSA) is 38.1 Å². The van der Waals surface area contributed by atoms with Crippen LogP contribution in [0.2, 0.25) is 0 Å². The first-order valence-corrected chi connectivity index (χ1v) is 5.08. The molecule has 16 heavy (non-hydrogen) atoms. The fourth-order valence-electron chi connectivity index (χ4n) is 1.46. The van der Waals surface area contributed by atoms with Crippen molar-refractivity contribution in [3.63, 3.8) is 0 Å². The van der Waals surface area contributed by atoms with Crippen LogP contribution in [0.3, 0.4) is 0 Å². The summed E-state index contributed by atoms with van der Waals surface area (Å²) in [4.78, 5) is 17.2. The van der Waals surface area contributed by atoms with Crippen molar-refractivity contribution in [2.24, 2.45) is 0 Å². The number of hydrogen-bond donors (Lipinski definition) is 0. The van der Waals surface area contributed by atoms with Crippen molar-refractivity contribution in [3.05, 3.63) is 29.7 Å². The molecule has 1 heterocycles. The van der Waals surface area contributed by atoms with Crippen molar-refractivity contribution in [1.82, 2.24) is 14.5 Å². The van der Waals surface area contributed by atoms with Crippen LogP contribution in [0.4, 0.5) is 4.39 Å². The molecule has 0 aromatic carbocycles. The first kappa shape index (κ1) is 12.4. The summed E-state index contributed by atoms with van der Waals surface area (Å²) in [6, 6.07) is 0. The molecule has 0 amide bonds. The molecule has 0 N–H and O–H groups in total. The Morgan fingerprint density at radius 1 is 1.62 bits per heavy atom. The van der Waals surface area contributed by atoms with E-state index in [9.17, 15) is 9.18 Å². The molecule has 0 spiro atoms. The first-order valence-electron chi connectivity index (χ1n) is 5.08. The SMILES string of the molecule is CCn1c(C(=O)/C(F)=C\N(C)C)cnc1C. The van der Waals surface area contributed by atoms with Crippen LogP contribution < -0.4 is 0 Å². The molecule has 1 rings (SSSR count). The molecule has 0 aliphatic heterocycles. The molecule has 0 saturated heterocycles. The summed E-state index contributed by atoms with van der Waals surface area (Å²) < 4.78 is 15.2. The van der Waals surface area contributed by atoms with Gasteiger partial charge in [0.2, 0.25) is 5.78 Å². The Bertz CT molecular complexity index is 421. The summed E-state index contributed by atoms with van der Waals surface area (Å²) in [5, 5.41) is 0. The van der Waals surface area contributed by atoms with E-state index in [0.717, 1.165) is 6.20 Å². The highest BCUT2D eigenvalue weighted by atomic mass is 19.1. The zero-order valence-corrected chi connectivity index (χ0v) is 9.99. The highest BCUT2D eigenvalue weighted by Crippen LogP contribution is 2.12. The highest BCUT2D eigenvalue weighted by Gasteiger charge is 2.18. The number of aryl methyl sites for hydroxylation is 1. The van der Waals surface area contributed by atoms with E-state index < -0.39 is 11.6 Å². The third kappa shape index (κ3) is 2.48. The van der Waals surface area contributed by atoms with Crippen LogP contribution in [-0.4, -0.2) is 34.3 Å². The van der Waals surface area contributed by atoms with E-state index in [1.807, 2.05) is 6.92 Å². The van der Waals surface area contributed by atoms with Gasteiger partial charge >= 0.3 is 0 Å². The van der Waals surface area contributed by atoms with Gasteiger partial charge in [0.15, 0.2) is 5.83 Å². The Labute approximate surface area is 94.4 Å². The van der Waals surface area contributed by atoms with Gasteiger partial charge in [0.1, 0.15) is 11.5 Å². The van der Waals surface area contributed by atoms with Gasteiger partial charge in [-0.1, -0.05) is 0 Å². The van der Waals surface area contributed by atoms with E-state index in [-0.39, 0.29) is 5.69 Å². The number of nitrogens with zero attached hydrogens (tertiary/aromatic N) is 3. The third-order valence-electron chi connectivity index (χ3n) is 2.19. The molecule has 0 aliphatic rings. The summed E-state index contributed by atoms with van der Waals surface area (Å²) in [7, 11) is 3.32. The summed E-state index contributed by atoms with van der Waals surface area (Å²) in [5.41, 5.74) is 0.288. The Kier molecular flexibility index (Phi) is 3.82. The number of aromatic nitrogens is 2. The zero-order valence-electron chi connectivity index (χ0n) is 9.99. The molecule has 0 bridgehead atoms. The van der Waals surface area contributed by atoms with Gasteiger partial charge < -0.3 is 9.47 Å². The molecule has 0 radical (unpaired) electrons. The summed E-state index contributed by atoms with van der Waals surface area (Å²) >= 11 is 0. The van der Waals surface area contributed by atoms with E-state index in [4.69, 9.17) is 0 Å². The number of imidazole rings is 1. The van der Waals surface area contributed by atoms with E-state index in [0.29, 0.717) is 12.4 Å². The summed E-state index contributed by atoms with van der Waals surface area (Å²) in [5.74, 6) is -0.695. The van der Waals surface area contributed by atoms with Gasteiger partial charge in [0.25, 0.3) is 0 Å². The Morgan fingerprint density at radius 2 is 2.25 bits per heavy atom. The van der Waals surface area contributed by atoms with E-state index >= 15 is 0 Å². The van der Waals surface area contributed by atoms with Crippen molar-refractivity contribution in [1.29, 1.82) is 0 Å². The Morgan fingerprint density at radius 3 is 2.75 bits per heavy atom. The lowest BCUT2D eigenvalue weighted by atomic mass is 10.2. The maximum absolute atomic E-state index is 13.5.